The highest BCUT2D eigenvalue weighted by Crippen LogP contribution is 2.19. The summed E-state index contributed by atoms with van der Waals surface area (Å²) in [6.45, 7) is 5.92. The van der Waals surface area contributed by atoms with Crippen LogP contribution >= 0.6 is 11.6 Å². The van der Waals surface area contributed by atoms with Gasteiger partial charge in [0.15, 0.2) is 5.82 Å². The molecule has 2 aromatic heterocycles. The van der Waals surface area contributed by atoms with E-state index in [2.05, 4.69) is 22.3 Å². The van der Waals surface area contributed by atoms with Crippen LogP contribution in [0.5, 0.6) is 0 Å². The zero-order valence-corrected chi connectivity index (χ0v) is 11.4. The molecule has 0 amide bonds. The third-order valence-electron chi connectivity index (χ3n) is 2.56. The van der Waals surface area contributed by atoms with Gasteiger partial charge < -0.3 is 5.32 Å². The number of aromatic nitrogens is 3. The number of pyridine rings is 1. The molecule has 5 heteroatoms. The number of rotatable bonds is 5. The standard InChI is InChI=1S/C13H17ClN4/c1-3-4-15-7-11-5-12(14)13(16-8-11)18-9-10(2)6-17-18/h5-6,8-9,15H,3-4,7H2,1-2H3. The van der Waals surface area contributed by atoms with E-state index in [1.165, 1.54) is 0 Å². The quantitative estimate of drug-likeness (QED) is 0.845. The molecule has 0 atom stereocenters. The van der Waals surface area contributed by atoms with Gasteiger partial charge >= 0.3 is 0 Å². The second-order valence-electron chi connectivity index (χ2n) is 4.29. The minimum absolute atomic E-state index is 0.619. The van der Waals surface area contributed by atoms with Crippen molar-refractivity contribution in [3.63, 3.8) is 0 Å². The number of nitrogens with one attached hydrogen (secondary N) is 1. The Morgan fingerprint density at radius 2 is 2.22 bits per heavy atom. The van der Waals surface area contributed by atoms with Crippen molar-refractivity contribution in [1.29, 1.82) is 0 Å². The zero-order chi connectivity index (χ0) is 13.0. The molecule has 1 N–H and O–H groups in total. The smallest absolute Gasteiger partial charge is 0.172 e. The maximum Gasteiger partial charge on any atom is 0.172 e. The Labute approximate surface area is 112 Å². The molecule has 0 saturated heterocycles. The molecular weight excluding hydrogens is 248 g/mol. The van der Waals surface area contributed by atoms with Crippen molar-refractivity contribution in [3.8, 4) is 5.82 Å². The molecule has 96 valence electrons. The lowest BCUT2D eigenvalue weighted by molar-refractivity contribution is 0.673. The third-order valence-corrected chi connectivity index (χ3v) is 2.84. The van der Waals surface area contributed by atoms with Crippen molar-refractivity contribution in [1.82, 2.24) is 20.1 Å². The van der Waals surface area contributed by atoms with Gasteiger partial charge in [0.2, 0.25) is 0 Å². The van der Waals surface area contributed by atoms with Gasteiger partial charge in [0.25, 0.3) is 0 Å². The molecule has 18 heavy (non-hydrogen) atoms. The van der Waals surface area contributed by atoms with Gasteiger partial charge in [-0.1, -0.05) is 18.5 Å². The van der Waals surface area contributed by atoms with Crippen LogP contribution in [0.3, 0.4) is 0 Å². The molecule has 4 nitrogen and oxygen atoms in total. The highest BCUT2D eigenvalue weighted by molar-refractivity contribution is 6.32. The first-order chi connectivity index (χ1) is 8.70. The SMILES string of the molecule is CCCNCc1cnc(-n2cc(C)cn2)c(Cl)c1. The van der Waals surface area contributed by atoms with E-state index in [-0.39, 0.29) is 0 Å². The van der Waals surface area contributed by atoms with Crippen LogP contribution in [-0.2, 0) is 6.54 Å². The summed E-state index contributed by atoms with van der Waals surface area (Å²) in [6.07, 6.45) is 6.64. The van der Waals surface area contributed by atoms with E-state index in [0.29, 0.717) is 10.8 Å². The molecular formula is C13H17ClN4. The molecule has 0 bridgehead atoms. The van der Waals surface area contributed by atoms with Gasteiger partial charge in [-0.05, 0) is 37.1 Å². The van der Waals surface area contributed by atoms with E-state index < -0.39 is 0 Å². The summed E-state index contributed by atoms with van der Waals surface area (Å²) in [7, 11) is 0. The Hall–Kier alpha value is -1.39. The van der Waals surface area contributed by atoms with Gasteiger partial charge in [-0.15, -0.1) is 0 Å². The van der Waals surface area contributed by atoms with Crippen molar-refractivity contribution in [3.05, 3.63) is 40.8 Å². The van der Waals surface area contributed by atoms with Crippen LogP contribution in [0.2, 0.25) is 5.02 Å². The van der Waals surface area contributed by atoms with Crippen molar-refractivity contribution in [2.24, 2.45) is 0 Å². The highest BCUT2D eigenvalue weighted by atomic mass is 35.5. The third kappa shape index (κ3) is 3.09. The zero-order valence-electron chi connectivity index (χ0n) is 10.7. The predicted octanol–water partition coefficient (Wildman–Crippen LogP) is 2.73. The Balaban J connectivity index is 2.15. The molecule has 0 fully saturated rings. The van der Waals surface area contributed by atoms with Crippen LogP contribution in [0.4, 0.5) is 0 Å². The molecule has 2 aromatic rings. The van der Waals surface area contributed by atoms with E-state index in [1.54, 1.807) is 10.9 Å². The van der Waals surface area contributed by atoms with Crippen molar-refractivity contribution in [2.45, 2.75) is 26.8 Å². The van der Waals surface area contributed by atoms with Crippen LogP contribution < -0.4 is 5.32 Å². The summed E-state index contributed by atoms with van der Waals surface area (Å²) in [5.74, 6) is 0.670. The minimum Gasteiger partial charge on any atom is -0.313 e. The molecule has 2 rings (SSSR count). The predicted molar refractivity (Wildman–Crippen MR) is 73.1 cm³/mol. The average Bonchev–Trinajstić information content (AvgIpc) is 2.76. The molecule has 0 aliphatic rings. The van der Waals surface area contributed by atoms with Gasteiger partial charge in [0, 0.05) is 18.9 Å². The van der Waals surface area contributed by atoms with Gasteiger partial charge in [-0.3, -0.25) is 0 Å². The minimum atomic E-state index is 0.619. The summed E-state index contributed by atoms with van der Waals surface area (Å²) in [4.78, 5) is 4.37. The molecule has 0 spiro atoms. The van der Waals surface area contributed by atoms with Gasteiger partial charge in [0.05, 0.1) is 11.2 Å². The fourth-order valence-electron chi connectivity index (χ4n) is 1.67. The summed E-state index contributed by atoms with van der Waals surface area (Å²) >= 11 is 6.23. The molecule has 0 aliphatic heterocycles. The van der Waals surface area contributed by atoms with E-state index >= 15 is 0 Å². The molecule has 0 radical (unpaired) electrons. The molecule has 0 aromatic carbocycles. The number of halogens is 1. The second kappa shape index (κ2) is 5.98. The Morgan fingerprint density at radius 1 is 1.39 bits per heavy atom. The summed E-state index contributed by atoms with van der Waals surface area (Å²) < 4.78 is 1.70. The van der Waals surface area contributed by atoms with Crippen molar-refractivity contribution < 1.29 is 0 Å². The molecule has 0 saturated carbocycles. The maximum atomic E-state index is 6.23. The Kier molecular flexibility index (Phi) is 4.33. The van der Waals surface area contributed by atoms with Crippen LogP contribution in [0.25, 0.3) is 5.82 Å². The van der Waals surface area contributed by atoms with Gasteiger partial charge in [-0.2, -0.15) is 5.10 Å². The van der Waals surface area contributed by atoms with Crippen molar-refractivity contribution >= 4 is 11.6 Å². The molecule has 0 unspecified atom stereocenters. The number of aryl methyl sites for hydroxylation is 1. The monoisotopic (exact) mass is 264 g/mol. The Morgan fingerprint density at radius 3 is 2.83 bits per heavy atom. The average molecular weight is 265 g/mol. The fourth-order valence-corrected chi connectivity index (χ4v) is 1.95. The van der Waals surface area contributed by atoms with Gasteiger partial charge in [-0.25, -0.2) is 9.67 Å². The number of hydrogen-bond acceptors (Lipinski definition) is 3. The topological polar surface area (TPSA) is 42.7 Å². The number of nitrogens with zero attached hydrogens (tertiary/aromatic N) is 3. The van der Waals surface area contributed by atoms with Crippen LogP contribution in [-0.4, -0.2) is 21.3 Å². The molecule has 0 aliphatic carbocycles. The first kappa shape index (κ1) is 13.1. The lowest BCUT2D eigenvalue weighted by atomic mass is 10.2. The maximum absolute atomic E-state index is 6.23. The summed E-state index contributed by atoms with van der Waals surface area (Å²) in [6, 6.07) is 1.93. The van der Waals surface area contributed by atoms with Crippen molar-refractivity contribution in [2.75, 3.05) is 6.54 Å². The summed E-state index contributed by atoms with van der Waals surface area (Å²) in [5, 5.41) is 8.15. The van der Waals surface area contributed by atoms with E-state index in [0.717, 1.165) is 30.6 Å². The van der Waals surface area contributed by atoms with E-state index in [9.17, 15) is 0 Å². The van der Waals surface area contributed by atoms with Crippen LogP contribution in [0, 0.1) is 6.92 Å². The largest absolute Gasteiger partial charge is 0.313 e. The van der Waals surface area contributed by atoms with E-state index in [4.69, 9.17) is 11.6 Å². The highest BCUT2D eigenvalue weighted by Gasteiger charge is 2.06. The first-order valence-electron chi connectivity index (χ1n) is 6.07. The van der Waals surface area contributed by atoms with Crippen LogP contribution in [0.15, 0.2) is 24.7 Å². The second-order valence-corrected chi connectivity index (χ2v) is 4.70. The van der Waals surface area contributed by atoms with Crippen LogP contribution in [0.1, 0.15) is 24.5 Å². The normalized spacial score (nSPS) is 10.8. The summed E-state index contributed by atoms with van der Waals surface area (Å²) in [5.41, 5.74) is 2.17. The molecule has 2 heterocycles. The lowest BCUT2D eigenvalue weighted by Crippen LogP contribution is -2.14. The number of hydrogen-bond donors (Lipinski definition) is 1. The van der Waals surface area contributed by atoms with Gasteiger partial charge in [0.1, 0.15) is 0 Å². The fraction of sp³-hybridized carbons (Fsp3) is 0.385. The van der Waals surface area contributed by atoms with E-state index in [1.807, 2.05) is 25.4 Å². The first-order valence-corrected chi connectivity index (χ1v) is 6.45. The lowest BCUT2D eigenvalue weighted by Gasteiger charge is -2.07. The Bertz CT molecular complexity index is 521.